The zero-order valence-electron chi connectivity index (χ0n) is 15.1. The van der Waals surface area contributed by atoms with Crippen LogP contribution >= 0.6 is 11.8 Å². The van der Waals surface area contributed by atoms with Crippen LogP contribution in [0, 0.1) is 5.92 Å². The summed E-state index contributed by atoms with van der Waals surface area (Å²) in [6.07, 6.45) is 3.54. The number of imidazole rings is 1. The van der Waals surface area contributed by atoms with Crippen molar-refractivity contribution in [3.05, 3.63) is 24.3 Å². The molecule has 1 N–H and O–H groups in total. The molecule has 1 aromatic carbocycles. The quantitative estimate of drug-likeness (QED) is 0.752. The molecule has 1 fully saturated rings. The van der Waals surface area contributed by atoms with Crippen molar-refractivity contribution in [1.82, 2.24) is 14.5 Å². The standard InChI is InChI=1S/C19H25N3O3S/c1-2-5-17(23)21-10-8-14(9-11-21)13-26-19-20-15-6-3-4-7-16(15)22(19)12-18(24)25/h3-4,6-7,14H,2,5,8-13H2,1H3,(H,24,25). The lowest BCUT2D eigenvalue weighted by molar-refractivity contribution is -0.137. The number of fused-ring (bicyclic) bond motifs is 1. The Morgan fingerprint density at radius 3 is 2.69 bits per heavy atom. The van der Waals surface area contributed by atoms with Gasteiger partial charge in [0.1, 0.15) is 6.54 Å². The molecule has 6 nitrogen and oxygen atoms in total. The third kappa shape index (κ3) is 4.38. The van der Waals surface area contributed by atoms with Gasteiger partial charge in [0.25, 0.3) is 0 Å². The molecule has 1 aromatic heterocycles. The van der Waals surface area contributed by atoms with Crippen LogP contribution in [0.2, 0.25) is 0 Å². The minimum absolute atomic E-state index is 0.0766. The van der Waals surface area contributed by atoms with E-state index in [0.29, 0.717) is 12.3 Å². The van der Waals surface area contributed by atoms with Crippen LogP contribution in [0.1, 0.15) is 32.6 Å². The maximum atomic E-state index is 12.0. The first-order valence-electron chi connectivity index (χ1n) is 9.16. The number of hydrogen-bond donors (Lipinski definition) is 1. The summed E-state index contributed by atoms with van der Waals surface area (Å²) < 4.78 is 1.78. The summed E-state index contributed by atoms with van der Waals surface area (Å²) in [7, 11) is 0. The average Bonchev–Trinajstić information content (AvgIpc) is 2.98. The first-order valence-corrected chi connectivity index (χ1v) is 10.1. The van der Waals surface area contributed by atoms with E-state index in [2.05, 4.69) is 4.98 Å². The second-order valence-corrected chi connectivity index (χ2v) is 7.74. The van der Waals surface area contributed by atoms with E-state index in [0.717, 1.165) is 54.3 Å². The van der Waals surface area contributed by atoms with E-state index in [9.17, 15) is 14.7 Å². The van der Waals surface area contributed by atoms with Crippen molar-refractivity contribution in [2.75, 3.05) is 18.8 Å². The highest BCUT2D eigenvalue weighted by Crippen LogP contribution is 2.29. The van der Waals surface area contributed by atoms with Gasteiger partial charge in [-0.15, -0.1) is 0 Å². The average molecular weight is 375 g/mol. The number of carboxylic acid groups (broad SMARTS) is 1. The van der Waals surface area contributed by atoms with Gasteiger partial charge in [-0.25, -0.2) is 4.98 Å². The third-order valence-corrected chi connectivity index (χ3v) is 6.00. The molecule has 1 amide bonds. The number of rotatable bonds is 7. The van der Waals surface area contributed by atoms with Crippen LogP contribution in [0.25, 0.3) is 11.0 Å². The molecular formula is C19H25N3O3S. The lowest BCUT2D eigenvalue weighted by atomic mass is 9.99. The van der Waals surface area contributed by atoms with Gasteiger partial charge in [0.2, 0.25) is 5.91 Å². The Balaban J connectivity index is 1.62. The van der Waals surface area contributed by atoms with Crippen LogP contribution in [0.4, 0.5) is 0 Å². The van der Waals surface area contributed by atoms with Gasteiger partial charge in [0.05, 0.1) is 11.0 Å². The number of amides is 1. The van der Waals surface area contributed by atoms with E-state index in [1.54, 1.807) is 16.3 Å². The van der Waals surface area contributed by atoms with Crippen molar-refractivity contribution in [2.24, 2.45) is 5.92 Å². The second-order valence-electron chi connectivity index (χ2n) is 6.75. The van der Waals surface area contributed by atoms with Crippen LogP contribution in [-0.4, -0.2) is 50.3 Å². The molecule has 1 aliphatic heterocycles. The first kappa shape index (κ1) is 18.8. The van der Waals surface area contributed by atoms with Gasteiger partial charge in [-0.05, 0) is 37.3 Å². The van der Waals surface area contributed by atoms with E-state index in [-0.39, 0.29) is 12.5 Å². The first-order chi connectivity index (χ1) is 12.6. The number of nitrogens with zero attached hydrogens (tertiary/aromatic N) is 3. The van der Waals surface area contributed by atoms with Gasteiger partial charge in [0, 0.05) is 25.3 Å². The molecule has 7 heteroatoms. The van der Waals surface area contributed by atoms with Crippen LogP contribution in [0.3, 0.4) is 0 Å². The topological polar surface area (TPSA) is 75.4 Å². The zero-order chi connectivity index (χ0) is 18.5. The Kier molecular flexibility index (Phi) is 6.19. The maximum Gasteiger partial charge on any atom is 0.323 e. The Bertz CT molecular complexity index is 781. The fourth-order valence-electron chi connectivity index (χ4n) is 3.37. The summed E-state index contributed by atoms with van der Waals surface area (Å²) in [6.45, 7) is 3.61. The zero-order valence-corrected chi connectivity index (χ0v) is 15.9. The van der Waals surface area contributed by atoms with E-state index >= 15 is 0 Å². The molecule has 1 aliphatic rings. The normalized spacial score (nSPS) is 15.5. The summed E-state index contributed by atoms with van der Waals surface area (Å²) in [4.78, 5) is 29.8. The second kappa shape index (κ2) is 8.58. The summed E-state index contributed by atoms with van der Waals surface area (Å²) in [5.41, 5.74) is 1.69. The van der Waals surface area contributed by atoms with E-state index in [4.69, 9.17) is 0 Å². The molecule has 2 heterocycles. The SMILES string of the molecule is CCCC(=O)N1CCC(CSc2nc3ccccc3n2CC(=O)O)CC1. The molecule has 3 rings (SSSR count). The Hall–Kier alpha value is -2.02. The molecule has 2 aromatic rings. The van der Waals surface area contributed by atoms with Crippen molar-refractivity contribution in [3.8, 4) is 0 Å². The van der Waals surface area contributed by atoms with Gasteiger partial charge in [-0.1, -0.05) is 30.8 Å². The Labute approximate surface area is 157 Å². The smallest absolute Gasteiger partial charge is 0.323 e. The number of carbonyl (C=O) groups is 2. The number of piperidine rings is 1. The Morgan fingerprint density at radius 2 is 2.00 bits per heavy atom. The van der Waals surface area contributed by atoms with Crippen molar-refractivity contribution >= 4 is 34.7 Å². The largest absolute Gasteiger partial charge is 0.480 e. The Morgan fingerprint density at radius 1 is 1.27 bits per heavy atom. The van der Waals surface area contributed by atoms with Crippen LogP contribution in [0.5, 0.6) is 0 Å². The van der Waals surface area contributed by atoms with Gasteiger partial charge in [-0.3, -0.25) is 9.59 Å². The summed E-state index contributed by atoms with van der Waals surface area (Å²) in [5.74, 6) is 0.835. The fraction of sp³-hybridized carbons (Fsp3) is 0.526. The van der Waals surface area contributed by atoms with Gasteiger partial charge >= 0.3 is 5.97 Å². The number of aromatic nitrogens is 2. The van der Waals surface area contributed by atoms with Crippen LogP contribution < -0.4 is 0 Å². The molecule has 0 aliphatic carbocycles. The monoisotopic (exact) mass is 375 g/mol. The number of carboxylic acids is 1. The van der Waals surface area contributed by atoms with E-state index < -0.39 is 5.97 Å². The van der Waals surface area contributed by atoms with Crippen LogP contribution in [-0.2, 0) is 16.1 Å². The van der Waals surface area contributed by atoms with Gasteiger partial charge < -0.3 is 14.6 Å². The molecular weight excluding hydrogens is 350 g/mol. The number of benzene rings is 1. The van der Waals surface area contributed by atoms with Crippen molar-refractivity contribution in [1.29, 1.82) is 0 Å². The van der Waals surface area contributed by atoms with Crippen LogP contribution in [0.15, 0.2) is 29.4 Å². The molecule has 0 radical (unpaired) electrons. The molecule has 0 bridgehead atoms. The number of carbonyl (C=O) groups excluding carboxylic acids is 1. The van der Waals surface area contributed by atoms with Crippen molar-refractivity contribution in [2.45, 2.75) is 44.3 Å². The van der Waals surface area contributed by atoms with E-state index in [1.165, 1.54) is 0 Å². The summed E-state index contributed by atoms with van der Waals surface area (Å²) in [5, 5.41) is 9.98. The molecule has 0 atom stereocenters. The molecule has 0 saturated carbocycles. The lowest BCUT2D eigenvalue weighted by Gasteiger charge is -2.31. The predicted molar refractivity (Wildman–Crippen MR) is 102 cm³/mol. The fourth-order valence-corrected chi connectivity index (χ4v) is 4.56. The van der Waals surface area contributed by atoms with E-state index in [1.807, 2.05) is 36.1 Å². The maximum absolute atomic E-state index is 12.0. The van der Waals surface area contributed by atoms with Gasteiger partial charge in [-0.2, -0.15) is 0 Å². The molecule has 0 unspecified atom stereocenters. The number of hydrogen-bond acceptors (Lipinski definition) is 4. The highest BCUT2D eigenvalue weighted by atomic mass is 32.2. The molecule has 0 spiro atoms. The third-order valence-electron chi connectivity index (χ3n) is 4.79. The number of aliphatic carboxylic acids is 1. The molecule has 140 valence electrons. The predicted octanol–water partition coefficient (Wildman–Crippen LogP) is 3.25. The minimum atomic E-state index is -0.863. The number of thioether (sulfide) groups is 1. The van der Waals surface area contributed by atoms with Gasteiger partial charge in [0.15, 0.2) is 5.16 Å². The van der Waals surface area contributed by atoms with Crippen molar-refractivity contribution < 1.29 is 14.7 Å². The van der Waals surface area contributed by atoms with Crippen molar-refractivity contribution in [3.63, 3.8) is 0 Å². The molecule has 1 saturated heterocycles. The highest BCUT2D eigenvalue weighted by Gasteiger charge is 2.23. The summed E-state index contributed by atoms with van der Waals surface area (Å²) in [6, 6.07) is 7.64. The molecule has 26 heavy (non-hydrogen) atoms. The number of para-hydroxylation sites is 2. The summed E-state index contributed by atoms with van der Waals surface area (Å²) >= 11 is 1.63. The lowest BCUT2D eigenvalue weighted by Crippen LogP contribution is -2.38. The number of likely N-dealkylation sites (tertiary alicyclic amines) is 1. The minimum Gasteiger partial charge on any atom is -0.480 e. The highest BCUT2D eigenvalue weighted by molar-refractivity contribution is 7.99.